The number of nitrogens with one attached hydrogen (secondary N) is 1. The van der Waals surface area contributed by atoms with Gasteiger partial charge in [0.15, 0.2) is 5.84 Å². The van der Waals surface area contributed by atoms with E-state index in [-0.39, 0.29) is 29.9 Å². The average Bonchev–Trinajstić information content (AvgIpc) is 3.27. The maximum Gasteiger partial charge on any atom is 0.243 e. The number of ether oxygens (including phenoxy) is 1. The van der Waals surface area contributed by atoms with Gasteiger partial charge in [0, 0.05) is 36.3 Å². The number of amidine groups is 1. The van der Waals surface area contributed by atoms with Crippen molar-refractivity contribution in [1.29, 1.82) is 0 Å². The fraction of sp³-hybridized carbons (Fsp3) is 0.357. The minimum absolute atomic E-state index is 0.0268. The molecule has 0 bridgehead atoms. The molecule has 0 saturated heterocycles. The summed E-state index contributed by atoms with van der Waals surface area (Å²) in [6.45, 7) is 0.546. The summed E-state index contributed by atoms with van der Waals surface area (Å²) in [5, 5.41) is 17.9. The van der Waals surface area contributed by atoms with Crippen LogP contribution in [0.25, 0.3) is 10.8 Å². The Balaban J connectivity index is 1.49. The summed E-state index contributed by atoms with van der Waals surface area (Å²) in [5.41, 5.74) is 15.7. The summed E-state index contributed by atoms with van der Waals surface area (Å²) < 4.78 is 5.40. The van der Waals surface area contributed by atoms with Crippen LogP contribution >= 0.6 is 0 Å². The van der Waals surface area contributed by atoms with Crippen LogP contribution in [0.1, 0.15) is 42.4 Å². The third kappa shape index (κ3) is 4.68. The zero-order chi connectivity index (χ0) is 25.2. The molecule has 8 nitrogen and oxygen atoms in total. The number of nitrogens with two attached hydrogens (primary N) is 2. The lowest BCUT2D eigenvalue weighted by atomic mass is 9.91. The summed E-state index contributed by atoms with van der Waals surface area (Å²) in [6, 6.07) is 18.0. The Morgan fingerprint density at radius 2 is 1.94 bits per heavy atom. The monoisotopic (exact) mass is 487 g/mol. The molecular weight excluding hydrogens is 454 g/mol. The number of hydrogen-bond acceptors (Lipinski definition) is 6. The Labute approximate surface area is 210 Å². The van der Waals surface area contributed by atoms with Gasteiger partial charge in [-0.15, -0.1) is 0 Å². The number of carbonyl (C=O) groups is 1. The molecule has 1 unspecified atom stereocenters. The first-order valence-corrected chi connectivity index (χ1v) is 12.5. The summed E-state index contributed by atoms with van der Waals surface area (Å²) in [6.07, 6.45) is 4.28. The number of benzene rings is 3. The molecule has 8 heteroatoms. The highest BCUT2D eigenvalue weighted by atomic mass is 16.5. The maximum absolute atomic E-state index is 13.6. The lowest BCUT2D eigenvalue weighted by Crippen LogP contribution is -2.49. The fourth-order valence-corrected chi connectivity index (χ4v) is 5.48. The van der Waals surface area contributed by atoms with Crippen LogP contribution in [0.5, 0.6) is 5.75 Å². The number of oxime groups is 1. The topological polar surface area (TPSA) is 126 Å². The van der Waals surface area contributed by atoms with Crippen molar-refractivity contribution in [2.75, 3.05) is 12.0 Å². The second-order valence-electron chi connectivity index (χ2n) is 9.80. The van der Waals surface area contributed by atoms with Gasteiger partial charge in [-0.3, -0.25) is 4.79 Å². The smallest absolute Gasteiger partial charge is 0.243 e. The molecule has 36 heavy (non-hydrogen) atoms. The third-order valence-corrected chi connectivity index (χ3v) is 7.53. The molecule has 188 valence electrons. The van der Waals surface area contributed by atoms with Gasteiger partial charge in [0.2, 0.25) is 5.91 Å². The Bertz CT molecular complexity index is 1300. The Kier molecular flexibility index (Phi) is 6.69. The minimum Gasteiger partial charge on any atom is -0.497 e. The molecule has 0 aromatic heterocycles. The van der Waals surface area contributed by atoms with Crippen molar-refractivity contribution in [3.8, 4) is 5.75 Å². The molecule has 1 aliphatic carbocycles. The van der Waals surface area contributed by atoms with Gasteiger partial charge in [-0.25, -0.2) is 0 Å². The van der Waals surface area contributed by atoms with Crippen molar-refractivity contribution in [1.82, 2.24) is 5.32 Å². The third-order valence-electron chi connectivity index (χ3n) is 7.53. The number of methoxy groups -OCH3 is 1. The maximum atomic E-state index is 13.6. The molecule has 6 N–H and O–H groups in total. The normalized spacial score (nSPS) is 21.9. The average molecular weight is 488 g/mol. The van der Waals surface area contributed by atoms with E-state index in [1.54, 1.807) is 7.11 Å². The van der Waals surface area contributed by atoms with E-state index >= 15 is 0 Å². The van der Waals surface area contributed by atoms with Crippen molar-refractivity contribution in [2.45, 2.75) is 56.8 Å². The van der Waals surface area contributed by atoms with Crippen molar-refractivity contribution in [3.05, 3.63) is 71.3 Å². The molecule has 1 saturated carbocycles. The number of amides is 1. The van der Waals surface area contributed by atoms with Crippen LogP contribution < -0.4 is 26.4 Å². The largest absolute Gasteiger partial charge is 0.497 e. The SMILES string of the molecule is COc1ccc2c(CN3c4cc(/C(N)=N\O)ccc4CC3C(=O)N[C@H]3CC[C@H](N)CC3)cccc2c1. The van der Waals surface area contributed by atoms with Gasteiger partial charge in [-0.05, 0) is 65.8 Å². The zero-order valence-electron chi connectivity index (χ0n) is 20.5. The van der Waals surface area contributed by atoms with E-state index in [1.807, 2.05) is 36.4 Å². The summed E-state index contributed by atoms with van der Waals surface area (Å²) in [4.78, 5) is 15.7. The second kappa shape index (κ2) is 10.1. The van der Waals surface area contributed by atoms with Gasteiger partial charge in [0.25, 0.3) is 0 Å². The number of carbonyl (C=O) groups excluding carboxylic acids is 1. The molecule has 1 atom stereocenters. The Morgan fingerprint density at radius 3 is 2.69 bits per heavy atom. The van der Waals surface area contributed by atoms with E-state index in [1.165, 1.54) is 0 Å². The van der Waals surface area contributed by atoms with Crippen LogP contribution in [0.4, 0.5) is 5.69 Å². The highest BCUT2D eigenvalue weighted by molar-refractivity contribution is 5.99. The van der Waals surface area contributed by atoms with E-state index in [4.69, 9.17) is 16.2 Å². The van der Waals surface area contributed by atoms with Gasteiger partial charge in [0.05, 0.1) is 7.11 Å². The summed E-state index contributed by atoms with van der Waals surface area (Å²) in [5.74, 6) is 0.874. The van der Waals surface area contributed by atoms with Gasteiger partial charge >= 0.3 is 0 Å². The van der Waals surface area contributed by atoms with E-state index in [2.05, 4.69) is 33.6 Å². The highest BCUT2D eigenvalue weighted by Crippen LogP contribution is 2.36. The van der Waals surface area contributed by atoms with E-state index in [9.17, 15) is 10.0 Å². The standard InChI is InChI=1S/C28H33N5O3/c1-36-23-11-12-24-17(13-23)3-2-4-20(24)16-33-25-15-19(27(30)32-35)6-5-18(25)14-26(33)28(34)31-22-9-7-21(29)8-10-22/h2-6,11-13,15,21-22,26,35H,7-10,14,16,29H2,1H3,(H2,30,32)(H,31,34)/t21-,22-,26?. The number of rotatable bonds is 6. The second-order valence-corrected chi connectivity index (χ2v) is 9.80. The van der Waals surface area contributed by atoms with Crippen molar-refractivity contribution >= 4 is 28.2 Å². The van der Waals surface area contributed by atoms with Crippen LogP contribution in [0.15, 0.2) is 59.8 Å². The lowest BCUT2D eigenvalue weighted by Gasteiger charge is -2.31. The van der Waals surface area contributed by atoms with Crippen LogP contribution in [-0.4, -0.2) is 42.2 Å². The molecule has 1 fully saturated rings. The van der Waals surface area contributed by atoms with Gasteiger partial charge in [0.1, 0.15) is 11.8 Å². The minimum atomic E-state index is -0.355. The molecule has 2 aliphatic rings. The lowest BCUT2D eigenvalue weighted by molar-refractivity contribution is -0.123. The quantitative estimate of drug-likeness (QED) is 0.183. The number of hydrogen-bond donors (Lipinski definition) is 4. The predicted molar refractivity (Wildman–Crippen MR) is 142 cm³/mol. The van der Waals surface area contributed by atoms with Crippen LogP contribution in [-0.2, 0) is 17.8 Å². The number of fused-ring (bicyclic) bond motifs is 2. The molecule has 0 spiro atoms. The Hall–Kier alpha value is -3.78. The molecular formula is C28H33N5O3. The van der Waals surface area contributed by atoms with E-state index in [0.717, 1.165) is 59.0 Å². The van der Waals surface area contributed by atoms with Gasteiger partial charge in [-0.2, -0.15) is 0 Å². The van der Waals surface area contributed by atoms with Crippen LogP contribution in [0, 0.1) is 0 Å². The van der Waals surface area contributed by atoms with Gasteiger partial charge < -0.3 is 31.6 Å². The molecule has 1 aliphatic heterocycles. The van der Waals surface area contributed by atoms with Crippen molar-refractivity contribution < 1.29 is 14.7 Å². The summed E-state index contributed by atoms with van der Waals surface area (Å²) >= 11 is 0. The predicted octanol–water partition coefficient (Wildman–Crippen LogP) is 3.26. The fourth-order valence-electron chi connectivity index (χ4n) is 5.48. The van der Waals surface area contributed by atoms with Crippen LogP contribution in [0.3, 0.4) is 0 Å². The van der Waals surface area contributed by atoms with Crippen LogP contribution in [0.2, 0.25) is 0 Å². The van der Waals surface area contributed by atoms with E-state index in [0.29, 0.717) is 18.5 Å². The van der Waals surface area contributed by atoms with E-state index < -0.39 is 0 Å². The summed E-state index contributed by atoms with van der Waals surface area (Å²) in [7, 11) is 1.66. The molecule has 1 heterocycles. The zero-order valence-corrected chi connectivity index (χ0v) is 20.5. The molecule has 0 radical (unpaired) electrons. The highest BCUT2D eigenvalue weighted by Gasteiger charge is 2.36. The molecule has 1 amide bonds. The first-order valence-electron chi connectivity index (χ1n) is 12.5. The Morgan fingerprint density at radius 1 is 1.14 bits per heavy atom. The van der Waals surface area contributed by atoms with Crippen molar-refractivity contribution in [3.63, 3.8) is 0 Å². The first-order chi connectivity index (χ1) is 17.5. The number of anilines is 1. The molecule has 3 aromatic rings. The first kappa shape index (κ1) is 23.9. The van der Waals surface area contributed by atoms with Crippen molar-refractivity contribution in [2.24, 2.45) is 16.6 Å². The molecule has 3 aromatic carbocycles. The number of nitrogens with zero attached hydrogens (tertiary/aromatic N) is 2. The van der Waals surface area contributed by atoms with Gasteiger partial charge in [-0.1, -0.05) is 41.6 Å². The molecule has 5 rings (SSSR count).